The molecular formula is C18H25ClN4O. The molecule has 1 saturated heterocycles. The van der Waals surface area contributed by atoms with E-state index in [4.69, 9.17) is 0 Å². The van der Waals surface area contributed by atoms with Crippen molar-refractivity contribution in [1.82, 2.24) is 20.0 Å². The van der Waals surface area contributed by atoms with Crippen LogP contribution in [0.4, 0.5) is 0 Å². The van der Waals surface area contributed by atoms with Crippen molar-refractivity contribution in [3.05, 3.63) is 35.9 Å². The fraction of sp³-hybridized carbons (Fsp3) is 0.556. The number of carbonyl (C=O) groups excluding carboxylic acids is 1. The van der Waals surface area contributed by atoms with Gasteiger partial charge in [-0.05, 0) is 57.2 Å². The number of carbonyl (C=O) groups is 1. The van der Waals surface area contributed by atoms with Crippen molar-refractivity contribution in [3.8, 4) is 0 Å². The molecule has 2 fully saturated rings. The lowest BCUT2D eigenvalue weighted by Crippen LogP contribution is -2.44. The van der Waals surface area contributed by atoms with E-state index < -0.39 is 5.54 Å². The largest absolute Gasteiger partial charge is 0.344 e. The fourth-order valence-electron chi connectivity index (χ4n) is 4.03. The number of amides is 1. The van der Waals surface area contributed by atoms with Gasteiger partial charge in [-0.25, -0.2) is 4.98 Å². The fourth-order valence-corrected chi connectivity index (χ4v) is 4.03. The molecule has 1 spiro atoms. The summed E-state index contributed by atoms with van der Waals surface area (Å²) in [6, 6.07) is 4.10. The second kappa shape index (κ2) is 5.74. The Bertz CT molecular complexity index is 776. The molecule has 1 amide bonds. The Kier molecular flexibility index (Phi) is 4.12. The minimum Gasteiger partial charge on any atom is -0.344 e. The molecule has 0 bridgehead atoms. The van der Waals surface area contributed by atoms with Gasteiger partial charge in [0.05, 0.1) is 17.3 Å². The highest BCUT2D eigenvalue weighted by Gasteiger charge is 2.59. The van der Waals surface area contributed by atoms with Crippen molar-refractivity contribution in [1.29, 1.82) is 0 Å². The zero-order valence-electron chi connectivity index (χ0n) is 14.4. The van der Waals surface area contributed by atoms with Crippen LogP contribution in [0.5, 0.6) is 0 Å². The lowest BCUT2D eigenvalue weighted by Gasteiger charge is -2.26. The van der Waals surface area contributed by atoms with Crippen LogP contribution in [-0.4, -0.2) is 28.4 Å². The third-order valence-electron chi connectivity index (χ3n) is 5.56. The van der Waals surface area contributed by atoms with E-state index >= 15 is 0 Å². The molecule has 1 aliphatic carbocycles. The molecule has 6 heteroatoms. The molecule has 1 saturated carbocycles. The molecule has 2 unspecified atom stereocenters. The summed E-state index contributed by atoms with van der Waals surface area (Å²) in [6.45, 7) is 8.16. The molecule has 1 aliphatic heterocycles. The van der Waals surface area contributed by atoms with Crippen molar-refractivity contribution in [3.63, 3.8) is 0 Å². The van der Waals surface area contributed by atoms with Crippen molar-refractivity contribution < 1.29 is 4.79 Å². The van der Waals surface area contributed by atoms with E-state index in [1.807, 2.05) is 32.3 Å². The molecule has 0 radical (unpaired) electrons. The van der Waals surface area contributed by atoms with Crippen LogP contribution in [-0.2, 0) is 10.3 Å². The molecule has 2 atom stereocenters. The van der Waals surface area contributed by atoms with Crippen LogP contribution in [0.2, 0.25) is 0 Å². The van der Waals surface area contributed by atoms with Gasteiger partial charge >= 0.3 is 0 Å². The van der Waals surface area contributed by atoms with E-state index in [1.54, 1.807) is 0 Å². The van der Waals surface area contributed by atoms with Gasteiger partial charge < -0.3 is 15.0 Å². The molecule has 24 heavy (non-hydrogen) atoms. The van der Waals surface area contributed by atoms with Crippen LogP contribution in [0, 0.1) is 18.3 Å². The predicted molar refractivity (Wildman–Crippen MR) is 96.4 cm³/mol. The number of aromatic nitrogens is 2. The summed E-state index contributed by atoms with van der Waals surface area (Å²) in [6.07, 6.45) is 6.04. The number of halogens is 1. The minimum absolute atomic E-state index is 0. The van der Waals surface area contributed by atoms with E-state index in [2.05, 4.69) is 33.0 Å². The van der Waals surface area contributed by atoms with Crippen LogP contribution in [0.15, 0.2) is 24.5 Å². The monoisotopic (exact) mass is 348 g/mol. The van der Waals surface area contributed by atoms with Crippen LogP contribution in [0.25, 0.3) is 5.52 Å². The average Bonchev–Trinajstić information content (AvgIpc) is 2.85. The summed E-state index contributed by atoms with van der Waals surface area (Å²) in [5, 5.41) is 6.62. The van der Waals surface area contributed by atoms with Crippen LogP contribution in [0.3, 0.4) is 0 Å². The summed E-state index contributed by atoms with van der Waals surface area (Å²) in [4.78, 5) is 17.3. The number of nitrogens with zero attached hydrogens (tertiary/aromatic N) is 2. The molecule has 3 heterocycles. The zero-order chi connectivity index (χ0) is 16.2. The summed E-state index contributed by atoms with van der Waals surface area (Å²) >= 11 is 0. The Morgan fingerprint density at radius 1 is 1.50 bits per heavy atom. The molecule has 5 nitrogen and oxygen atoms in total. The van der Waals surface area contributed by atoms with Gasteiger partial charge in [0.15, 0.2) is 0 Å². The smallest absolute Gasteiger partial charge is 0.224 e. The van der Waals surface area contributed by atoms with Crippen molar-refractivity contribution in [2.75, 3.05) is 13.1 Å². The third kappa shape index (κ3) is 2.60. The lowest BCUT2D eigenvalue weighted by molar-refractivity contribution is -0.124. The Morgan fingerprint density at radius 2 is 2.29 bits per heavy atom. The van der Waals surface area contributed by atoms with Gasteiger partial charge in [-0.2, -0.15) is 0 Å². The standard InChI is InChI=1S/C18H24N4O.ClH/c1-12-5-4-8-22-14(12)10-20-16(22)17(2,3)21-15(23)13-9-18(13)6-7-19-11-18;/h4-5,8,10,13,19H,6-7,9,11H2,1-3H3,(H,21,23);1H. The maximum atomic E-state index is 12.7. The Morgan fingerprint density at radius 3 is 3.00 bits per heavy atom. The SMILES string of the molecule is Cc1cccn2c(C(C)(C)NC(=O)C3CC34CCNC4)ncc12.Cl. The first-order chi connectivity index (χ1) is 10.9. The minimum atomic E-state index is -0.493. The van der Waals surface area contributed by atoms with E-state index in [-0.39, 0.29) is 29.6 Å². The first kappa shape index (κ1) is 17.2. The third-order valence-corrected chi connectivity index (χ3v) is 5.56. The topological polar surface area (TPSA) is 58.4 Å². The average molecular weight is 349 g/mol. The highest BCUT2D eigenvalue weighted by Crippen LogP contribution is 2.56. The molecule has 4 rings (SSSR count). The highest BCUT2D eigenvalue weighted by molar-refractivity contribution is 5.85. The highest BCUT2D eigenvalue weighted by atomic mass is 35.5. The number of nitrogens with one attached hydrogen (secondary N) is 2. The van der Waals surface area contributed by atoms with Gasteiger partial charge in [0.2, 0.25) is 5.91 Å². The quantitative estimate of drug-likeness (QED) is 0.895. The van der Waals surface area contributed by atoms with Crippen molar-refractivity contribution in [2.24, 2.45) is 11.3 Å². The summed E-state index contributed by atoms with van der Waals surface area (Å²) in [5.41, 5.74) is 2.01. The second-order valence-corrected chi connectivity index (χ2v) is 7.69. The van der Waals surface area contributed by atoms with E-state index in [1.165, 1.54) is 5.56 Å². The van der Waals surface area contributed by atoms with Gasteiger partial charge in [0.1, 0.15) is 5.82 Å². The summed E-state index contributed by atoms with van der Waals surface area (Å²) < 4.78 is 2.08. The van der Waals surface area contributed by atoms with Crippen LogP contribution >= 0.6 is 12.4 Å². The maximum absolute atomic E-state index is 12.7. The molecule has 2 aromatic rings. The predicted octanol–water partition coefficient (Wildman–Crippen LogP) is 2.42. The van der Waals surface area contributed by atoms with E-state index in [0.717, 1.165) is 37.3 Å². The van der Waals surface area contributed by atoms with Crippen LogP contribution < -0.4 is 10.6 Å². The first-order valence-corrected chi connectivity index (χ1v) is 8.39. The number of fused-ring (bicyclic) bond motifs is 1. The van der Waals surface area contributed by atoms with Gasteiger partial charge in [-0.15, -0.1) is 12.4 Å². The maximum Gasteiger partial charge on any atom is 0.224 e. The van der Waals surface area contributed by atoms with Gasteiger partial charge in [-0.3, -0.25) is 4.79 Å². The second-order valence-electron chi connectivity index (χ2n) is 7.69. The molecule has 0 aromatic carbocycles. The Balaban J connectivity index is 0.00000169. The number of hydrogen-bond acceptors (Lipinski definition) is 3. The molecule has 2 aliphatic rings. The first-order valence-electron chi connectivity index (χ1n) is 8.39. The van der Waals surface area contributed by atoms with E-state index in [0.29, 0.717) is 0 Å². The Labute approximate surface area is 148 Å². The van der Waals surface area contributed by atoms with Gasteiger partial charge in [-0.1, -0.05) is 6.07 Å². The number of rotatable bonds is 3. The zero-order valence-corrected chi connectivity index (χ0v) is 15.2. The number of aryl methyl sites for hydroxylation is 1. The van der Waals surface area contributed by atoms with Crippen LogP contribution in [0.1, 0.15) is 38.1 Å². The number of hydrogen-bond donors (Lipinski definition) is 2. The molecule has 2 N–H and O–H groups in total. The van der Waals surface area contributed by atoms with E-state index in [9.17, 15) is 4.79 Å². The number of pyridine rings is 1. The molecule has 130 valence electrons. The summed E-state index contributed by atoms with van der Waals surface area (Å²) in [7, 11) is 0. The number of imidazole rings is 1. The van der Waals surface area contributed by atoms with Gasteiger partial charge in [0.25, 0.3) is 0 Å². The Hall–Kier alpha value is -1.59. The summed E-state index contributed by atoms with van der Waals surface area (Å²) in [5.74, 6) is 1.21. The molecule has 2 aromatic heterocycles. The lowest BCUT2D eigenvalue weighted by atomic mass is 10.0. The normalized spacial score (nSPS) is 25.7. The van der Waals surface area contributed by atoms with Crippen molar-refractivity contribution in [2.45, 2.75) is 39.2 Å². The van der Waals surface area contributed by atoms with Gasteiger partial charge in [0, 0.05) is 18.7 Å². The molecular weight excluding hydrogens is 324 g/mol. The van der Waals surface area contributed by atoms with Crippen molar-refractivity contribution >= 4 is 23.8 Å².